The standard InChI is InChI=1S/C25H26F4N4O4S/c1-15(2)33(13-5-8-23(34)35)21-6-4-7-22(31-21)38(36,37)32-20-12-11-19(25(27,28)29)24(30-20)18-14-17(26)10-9-16(18)3/h4,6-7,9-12,14-15H,5,8,13H2,1-3H3,(H,30,32)(H,34,35)/i3D3. The molecule has 0 bridgehead atoms. The number of anilines is 2. The third-order valence-electron chi connectivity index (χ3n) is 5.37. The van der Waals surface area contributed by atoms with E-state index < -0.39 is 68.1 Å². The number of carboxylic acids is 1. The van der Waals surface area contributed by atoms with Gasteiger partial charge in [0.1, 0.15) is 17.5 Å². The fourth-order valence-corrected chi connectivity index (χ4v) is 4.57. The van der Waals surface area contributed by atoms with E-state index in [4.69, 9.17) is 9.22 Å². The Balaban J connectivity index is 2.05. The van der Waals surface area contributed by atoms with E-state index in [0.29, 0.717) is 12.1 Å². The molecule has 0 unspecified atom stereocenters. The molecule has 0 aliphatic carbocycles. The summed E-state index contributed by atoms with van der Waals surface area (Å²) in [5.41, 5.74) is -3.66. The summed E-state index contributed by atoms with van der Waals surface area (Å²) in [6.45, 7) is 0.933. The van der Waals surface area contributed by atoms with E-state index >= 15 is 0 Å². The third-order valence-corrected chi connectivity index (χ3v) is 6.62. The molecule has 0 atom stereocenters. The van der Waals surface area contributed by atoms with Gasteiger partial charge in [0.15, 0.2) is 5.03 Å². The lowest BCUT2D eigenvalue weighted by atomic mass is 10.0. The van der Waals surface area contributed by atoms with Crippen LogP contribution in [0.25, 0.3) is 11.3 Å². The summed E-state index contributed by atoms with van der Waals surface area (Å²) in [5.74, 6) is -2.39. The van der Waals surface area contributed by atoms with Gasteiger partial charge in [-0.15, -0.1) is 0 Å². The highest BCUT2D eigenvalue weighted by atomic mass is 32.2. The van der Waals surface area contributed by atoms with Crippen LogP contribution in [0.4, 0.5) is 29.2 Å². The average molecular weight is 558 g/mol. The largest absolute Gasteiger partial charge is 0.481 e. The number of hydrogen-bond acceptors (Lipinski definition) is 6. The Morgan fingerprint density at radius 1 is 1.16 bits per heavy atom. The zero-order valence-corrected chi connectivity index (χ0v) is 21.1. The van der Waals surface area contributed by atoms with E-state index in [9.17, 15) is 30.8 Å². The molecule has 0 aliphatic heterocycles. The van der Waals surface area contributed by atoms with Crippen molar-refractivity contribution in [2.75, 3.05) is 16.2 Å². The predicted octanol–water partition coefficient (Wildman–Crippen LogP) is 5.49. The Morgan fingerprint density at radius 3 is 2.53 bits per heavy atom. The normalized spacial score (nSPS) is 13.5. The van der Waals surface area contributed by atoms with Crippen LogP contribution in [-0.2, 0) is 21.0 Å². The first kappa shape index (κ1) is 24.6. The molecule has 8 nitrogen and oxygen atoms in total. The number of carbonyl (C=O) groups is 1. The van der Waals surface area contributed by atoms with Gasteiger partial charge in [-0.2, -0.15) is 21.6 Å². The molecule has 3 rings (SSSR count). The van der Waals surface area contributed by atoms with E-state index in [0.717, 1.165) is 24.3 Å². The zero-order valence-electron chi connectivity index (χ0n) is 23.3. The van der Waals surface area contributed by atoms with Crippen LogP contribution in [0.5, 0.6) is 0 Å². The monoisotopic (exact) mass is 557 g/mol. The maximum Gasteiger partial charge on any atom is 0.418 e. The minimum atomic E-state index is -5.03. The number of benzene rings is 1. The lowest BCUT2D eigenvalue weighted by Crippen LogP contribution is -2.33. The van der Waals surface area contributed by atoms with Crippen LogP contribution in [0.3, 0.4) is 0 Å². The second-order valence-corrected chi connectivity index (χ2v) is 10.1. The quantitative estimate of drug-likeness (QED) is 0.317. The summed E-state index contributed by atoms with van der Waals surface area (Å²) in [4.78, 5) is 20.5. The second kappa shape index (κ2) is 11.3. The van der Waals surface area contributed by atoms with Crippen molar-refractivity contribution < 1.29 is 40.0 Å². The van der Waals surface area contributed by atoms with Crippen LogP contribution < -0.4 is 9.62 Å². The van der Waals surface area contributed by atoms with Gasteiger partial charge in [-0.1, -0.05) is 12.1 Å². The molecule has 2 N–H and O–H groups in total. The molecule has 13 heteroatoms. The lowest BCUT2D eigenvalue weighted by molar-refractivity contribution is -0.138. The topological polar surface area (TPSA) is 112 Å². The Labute approximate surface area is 221 Å². The maximum atomic E-state index is 14.1. The van der Waals surface area contributed by atoms with Gasteiger partial charge in [-0.05, 0) is 69.1 Å². The Bertz CT molecular complexity index is 1530. The minimum absolute atomic E-state index is 0.112. The van der Waals surface area contributed by atoms with Crippen molar-refractivity contribution >= 4 is 27.6 Å². The van der Waals surface area contributed by atoms with Gasteiger partial charge in [-0.3, -0.25) is 9.52 Å². The first-order valence-corrected chi connectivity index (χ1v) is 12.8. The number of hydrogen-bond donors (Lipinski definition) is 2. The van der Waals surface area contributed by atoms with E-state index in [1.54, 1.807) is 18.7 Å². The number of halogens is 4. The number of aromatic nitrogens is 2. The molecule has 3 aromatic rings. The van der Waals surface area contributed by atoms with E-state index in [-0.39, 0.29) is 31.2 Å². The molecule has 204 valence electrons. The SMILES string of the molecule is [2H]C([2H])([2H])c1ccc(F)cc1-c1nc(NS(=O)(=O)c2cccc(N(CCCC(=O)O)C(C)C)n2)ccc1C(F)(F)F. The number of aryl methyl sites for hydroxylation is 1. The molecular weight excluding hydrogens is 528 g/mol. The highest BCUT2D eigenvalue weighted by Crippen LogP contribution is 2.38. The molecule has 0 aliphatic rings. The van der Waals surface area contributed by atoms with Crippen molar-refractivity contribution in [2.45, 2.75) is 50.8 Å². The van der Waals surface area contributed by atoms with Crippen molar-refractivity contribution in [3.05, 3.63) is 65.5 Å². The Kier molecular flexibility index (Phi) is 7.33. The van der Waals surface area contributed by atoms with Crippen molar-refractivity contribution in [3.63, 3.8) is 0 Å². The summed E-state index contributed by atoms with van der Waals surface area (Å²) in [7, 11) is -4.53. The molecule has 2 aromatic heterocycles. The molecule has 38 heavy (non-hydrogen) atoms. The highest BCUT2D eigenvalue weighted by Gasteiger charge is 2.35. The number of aliphatic carboxylic acids is 1. The summed E-state index contributed by atoms with van der Waals surface area (Å²) in [5, 5.41) is 8.41. The van der Waals surface area contributed by atoms with Gasteiger partial charge in [-0.25, -0.2) is 14.4 Å². The van der Waals surface area contributed by atoms with Crippen LogP contribution in [0.2, 0.25) is 0 Å². The third kappa shape index (κ3) is 6.97. The molecule has 0 spiro atoms. The lowest BCUT2D eigenvalue weighted by Gasteiger charge is -2.28. The van der Waals surface area contributed by atoms with Gasteiger partial charge in [0.05, 0.1) is 11.3 Å². The average Bonchev–Trinajstić information content (AvgIpc) is 2.84. The van der Waals surface area contributed by atoms with Crippen molar-refractivity contribution in [1.82, 2.24) is 9.97 Å². The smallest absolute Gasteiger partial charge is 0.418 e. The minimum Gasteiger partial charge on any atom is -0.481 e. The number of nitrogens with one attached hydrogen (secondary N) is 1. The Morgan fingerprint density at radius 2 is 1.89 bits per heavy atom. The summed E-state index contributed by atoms with van der Waals surface area (Å²) >= 11 is 0. The highest BCUT2D eigenvalue weighted by molar-refractivity contribution is 7.92. The summed E-state index contributed by atoms with van der Waals surface area (Å²) in [6, 6.07) is 7.34. The molecule has 0 saturated heterocycles. The fraction of sp³-hybridized carbons (Fsp3) is 0.320. The number of nitrogens with zero attached hydrogens (tertiary/aromatic N) is 3. The number of pyridine rings is 2. The second-order valence-electron chi connectivity index (χ2n) is 8.50. The molecule has 0 fully saturated rings. The fourth-order valence-electron chi connectivity index (χ4n) is 3.60. The molecule has 2 heterocycles. The molecule has 1 aromatic carbocycles. The van der Waals surface area contributed by atoms with Crippen molar-refractivity contribution in [2.24, 2.45) is 0 Å². The number of rotatable bonds is 10. The number of sulfonamides is 1. The van der Waals surface area contributed by atoms with Gasteiger partial charge in [0, 0.05) is 28.7 Å². The van der Waals surface area contributed by atoms with Crippen LogP contribution in [-0.4, -0.2) is 42.0 Å². The Hall–Kier alpha value is -3.74. The molecule has 0 amide bonds. The first-order chi connectivity index (χ1) is 18.9. The van der Waals surface area contributed by atoms with Crippen LogP contribution in [0.15, 0.2) is 53.6 Å². The predicted molar refractivity (Wildman–Crippen MR) is 134 cm³/mol. The van der Waals surface area contributed by atoms with Crippen LogP contribution >= 0.6 is 0 Å². The van der Waals surface area contributed by atoms with Gasteiger partial charge in [0.25, 0.3) is 10.0 Å². The summed E-state index contributed by atoms with van der Waals surface area (Å²) < 4.78 is 107. The van der Waals surface area contributed by atoms with Crippen molar-refractivity contribution in [3.8, 4) is 11.3 Å². The van der Waals surface area contributed by atoms with E-state index in [1.165, 1.54) is 12.1 Å². The van der Waals surface area contributed by atoms with Crippen LogP contribution in [0.1, 0.15) is 41.9 Å². The van der Waals surface area contributed by atoms with Gasteiger partial charge >= 0.3 is 12.1 Å². The molecular formula is C25H26F4N4O4S. The van der Waals surface area contributed by atoms with E-state index in [2.05, 4.69) is 14.7 Å². The van der Waals surface area contributed by atoms with Gasteiger partial charge < -0.3 is 10.0 Å². The summed E-state index contributed by atoms with van der Waals surface area (Å²) in [6.07, 6.45) is -4.88. The first-order valence-electron chi connectivity index (χ1n) is 12.8. The molecule has 0 radical (unpaired) electrons. The number of alkyl halides is 3. The maximum absolute atomic E-state index is 14.1. The van der Waals surface area contributed by atoms with Gasteiger partial charge in [0.2, 0.25) is 0 Å². The van der Waals surface area contributed by atoms with E-state index in [1.807, 2.05) is 0 Å². The number of carboxylic acid groups (broad SMARTS) is 1. The van der Waals surface area contributed by atoms with Crippen molar-refractivity contribution in [1.29, 1.82) is 0 Å². The van der Waals surface area contributed by atoms with Crippen LogP contribution in [0, 0.1) is 12.7 Å². The zero-order chi connectivity index (χ0) is 30.8. The molecule has 0 saturated carbocycles.